The lowest BCUT2D eigenvalue weighted by Crippen LogP contribution is -2.46. The molecular weight excluding hydrogens is 416 g/mol. The van der Waals surface area contributed by atoms with Crippen LogP contribution in [-0.2, 0) is 9.59 Å². The van der Waals surface area contributed by atoms with Crippen LogP contribution in [0.15, 0.2) is 48.5 Å². The number of carbonyl (C=O) groups excluding carboxylic acids is 2. The van der Waals surface area contributed by atoms with Crippen molar-refractivity contribution in [1.82, 2.24) is 9.80 Å². The Bertz CT molecular complexity index is 870. The van der Waals surface area contributed by atoms with E-state index in [4.69, 9.17) is 9.47 Å². The first-order chi connectivity index (χ1) is 15.9. The van der Waals surface area contributed by atoms with Gasteiger partial charge in [-0.2, -0.15) is 0 Å². The Morgan fingerprint density at radius 3 is 1.48 bits per heavy atom. The second-order valence-electron chi connectivity index (χ2n) is 8.56. The van der Waals surface area contributed by atoms with E-state index >= 15 is 0 Å². The van der Waals surface area contributed by atoms with Gasteiger partial charge in [0.05, 0.1) is 0 Å². The number of rotatable bonds is 8. The third-order valence-corrected chi connectivity index (χ3v) is 6.14. The van der Waals surface area contributed by atoms with Crippen LogP contribution in [-0.4, -0.2) is 60.0 Å². The molecule has 1 aliphatic rings. The highest BCUT2D eigenvalue weighted by Gasteiger charge is 2.30. The van der Waals surface area contributed by atoms with Gasteiger partial charge in [-0.15, -0.1) is 0 Å². The number of hydrogen-bond acceptors (Lipinski definition) is 4. The Labute approximate surface area is 197 Å². The minimum atomic E-state index is -0.527. The average Bonchev–Trinajstić information content (AvgIpc) is 3.08. The van der Waals surface area contributed by atoms with Crippen molar-refractivity contribution in [3.8, 4) is 11.5 Å². The van der Waals surface area contributed by atoms with Crippen LogP contribution in [0, 0.1) is 13.8 Å². The van der Waals surface area contributed by atoms with E-state index in [2.05, 4.69) is 0 Å². The lowest BCUT2D eigenvalue weighted by molar-refractivity contribution is -0.141. The molecule has 6 heteroatoms. The van der Waals surface area contributed by atoms with Gasteiger partial charge in [0.1, 0.15) is 11.5 Å². The Hall–Kier alpha value is -3.02. The van der Waals surface area contributed by atoms with Crippen LogP contribution in [0.5, 0.6) is 11.5 Å². The molecule has 33 heavy (non-hydrogen) atoms. The van der Waals surface area contributed by atoms with Crippen molar-refractivity contribution in [2.24, 2.45) is 0 Å². The monoisotopic (exact) mass is 452 g/mol. The first kappa shape index (κ1) is 24.6. The van der Waals surface area contributed by atoms with Gasteiger partial charge in [0.2, 0.25) is 0 Å². The number of aryl methyl sites for hydroxylation is 2. The number of benzene rings is 2. The van der Waals surface area contributed by atoms with Crippen LogP contribution in [0.1, 0.15) is 44.2 Å². The molecule has 0 spiro atoms. The summed E-state index contributed by atoms with van der Waals surface area (Å²) in [6, 6.07) is 15.5. The van der Waals surface area contributed by atoms with Crippen LogP contribution < -0.4 is 9.47 Å². The highest BCUT2D eigenvalue weighted by atomic mass is 16.5. The average molecular weight is 453 g/mol. The summed E-state index contributed by atoms with van der Waals surface area (Å²) in [5.74, 6) is 1.45. The van der Waals surface area contributed by atoms with E-state index < -0.39 is 12.2 Å². The molecule has 3 rings (SSSR count). The molecule has 0 N–H and O–H groups in total. The van der Waals surface area contributed by atoms with Crippen molar-refractivity contribution in [2.75, 3.05) is 26.2 Å². The highest BCUT2D eigenvalue weighted by molar-refractivity contribution is 5.83. The summed E-state index contributed by atoms with van der Waals surface area (Å²) in [5, 5.41) is 0. The predicted molar refractivity (Wildman–Crippen MR) is 130 cm³/mol. The maximum atomic E-state index is 13.2. The van der Waals surface area contributed by atoms with E-state index in [9.17, 15) is 9.59 Å². The van der Waals surface area contributed by atoms with E-state index in [1.54, 1.807) is 0 Å². The van der Waals surface area contributed by atoms with Crippen LogP contribution >= 0.6 is 0 Å². The molecule has 1 fully saturated rings. The molecule has 1 aliphatic heterocycles. The molecule has 2 aromatic rings. The van der Waals surface area contributed by atoms with Gasteiger partial charge in [0.25, 0.3) is 11.8 Å². The largest absolute Gasteiger partial charge is 0.480 e. The zero-order chi connectivity index (χ0) is 23.8. The second kappa shape index (κ2) is 11.7. The fourth-order valence-electron chi connectivity index (χ4n) is 4.07. The van der Waals surface area contributed by atoms with Gasteiger partial charge in [-0.25, -0.2) is 0 Å². The van der Waals surface area contributed by atoms with Gasteiger partial charge in [0.15, 0.2) is 12.2 Å². The van der Waals surface area contributed by atoms with Crippen molar-refractivity contribution >= 4 is 11.8 Å². The smallest absolute Gasteiger partial charge is 0.263 e. The first-order valence-electron chi connectivity index (χ1n) is 12.0. The Balaban J connectivity index is 1.61. The minimum Gasteiger partial charge on any atom is -0.480 e. The second-order valence-corrected chi connectivity index (χ2v) is 8.56. The molecule has 1 saturated heterocycles. The zero-order valence-corrected chi connectivity index (χ0v) is 20.3. The van der Waals surface area contributed by atoms with E-state index in [0.29, 0.717) is 39.0 Å². The molecule has 6 nitrogen and oxygen atoms in total. The molecule has 0 radical (unpaired) electrons. The molecule has 0 bridgehead atoms. The summed E-state index contributed by atoms with van der Waals surface area (Å²) in [7, 11) is 0. The van der Waals surface area contributed by atoms with Crippen molar-refractivity contribution in [3.05, 3.63) is 59.7 Å². The molecule has 2 atom stereocenters. The van der Waals surface area contributed by atoms with Gasteiger partial charge in [0, 0.05) is 26.2 Å². The van der Waals surface area contributed by atoms with Crippen LogP contribution in [0.3, 0.4) is 0 Å². The predicted octanol–water partition coefficient (Wildman–Crippen LogP) is 4.38. The molecule has 2 amide bonds. The maximum Gasteiger partial charge on any atom is 0.263 e. The maximum absolute atomic E-state index is 13.2. The van der Waals surface area contributed by atoms with E-state index in [1.165, 1.54) is 0 Å². The third kappa shape index (κ3) is 6.28. The fraction of sp³-hybridized carbons (Fsp3) is 0.481. The topological polar surface area (TPSA) is 59.1 Å². The Kier molecular flexibility index (Phi) is 8.75. The van der Waals surface area contributed by atoms with Crippen LogP contribution in [0.4, 0.5) is 0 Å². The van der Waals surface area contributed by atoms with Crippen molar-refractivity contribution in [3.63, 3.8) is 0 Å². The fourth-order valence-corrected chi connectivity index (χ4v) is 4.07. The molecule has 0 saturated carbocycles. The molecule has 0 aliphatic carbocycles. The van der Waals surface area contributed by atoms with E-state index in [0.717, 1.165) is 29.0 Å². The SMILES string of the molecule is CCC(Oc1ccccc1C)C(=O)N1CCCN(C(=O)C(CC)Oc2ccccc2C)CC1. The summed E-state index contributed by atoms with van der Waals surface area (Å²) < 4.78 is 12.1. The van der Waals surface area contributed by atoms with Crippen molar-refractivity contribution in [1.29, 1.82) is 0 Å². The summed E-state index contributed by atoms with van der Waals surface area (Å²) in [4.78, 5) is 30.1. The summed E-state index contributed by atoms with van der Waals surface area (Å²) in [6.45, 7) is 10.1. The standard InChI is InChI=1S/C27H36N2O4/c1-5-22(32-24-14-9-7-12-20(24)3)26(30)28-16-11-17-29(19-18-28)27(31)23(6-2)33-25-15-10-8-13-21(25)4/h7-10,12-15,22-23H,5-6,11,16-19H2,1-4H3. The number of nitrogens with zero attached hydrogens (tertiary/aromatic N) is 2. The van der Waals surface area contributed by atoms with Gasteiger partial charge in [-0.3, -0.25) is 9.59 Å². The van der Waals surface area contributed by atoms with Gasteiger partial charge in [-0.05, 0) is 56.4 Å². The van der Waals surface area contributed by atoms with E-state index in [-0.39, 0.29) is 11.8 Å². The number of para-hydroxylation sites is 2. The molecule has 2 aromatic carbocycles. The zero-order valence-electron chi connectivity index (χ0n) is 20.3. The van der Waals surface area contributed by atoms with Gasteiger partial charge < -0.3 is 19.3 Å². The summed E-state index contributed by atoms with van der Waals surface area (Å²) in [5.41, 5.74) is 2.02. The normalized spacial score (nSPS) is 16.0. The lowest BCUT2D eigenvalue weighted by Gasteiger charge is -2.28. The highest BCUT2D eigenvalue weighted by Crippen LogP contribution is 2.22. The van der Waals surface area contributed by atoms with Crippen LogP contribution in [0.2, 0.25) is 0 Å². The third-order valence-electron chi connectivity index (χ3n) is 6.14. The minimum absolute atomic E-state index is 0.0155. The van der Waals surface area contributed by atoms with Gasteiger partial charge in [-0.1, -0.05) is 50.2 Å². The number of amides is 2. The van der Waals surface area contributed by atoms with Gasteiger partial charge >= 0.3 is 0 Å². The van der Waals surface area contributed by atoms with Crippen LogP contribution in [0.25, 0.3) is 0 Å². The lowest BCUT2D eigenvalue weighted by atomic mass is 10.2. The molecule has 2 unspecified atom stereocenters. The molecular formula is C27H36N2O4. The number of hydrogen-bond donors (Lipinski definition) is 0. The molecule has 1 heterocycles. The van der Waals surface area contributed by atoms with Crippen molar-refractivity contribution < 1.29 is 19.1 Å². The number of ether oxygens (including phenoxy) is 2. The Morgan fingerprint density at radius 2 is 1.12 bits per heavy atom. The van der Waals surface area contributed by atoms with Crippen molar-refractivity contribution in [2.45, 2.75) is 59.2 Å². The Morgan fingerprint density at radius 1 is 0.727 bits per heavy atom. The van der Waals surface area contributed by atoms with E-state index in [1.807, 2.05) is 86.0 Å². The summed E-state index contributed by atoms with van der Waals surface area (Å²) in [6.07, 6.45) is 0.865. The molecule has 178 valence electrons. The summed E-state index contributed by atoms with van der Waals surface area (Å²) >= 11 is 0. The quantitative estimate of drug-likeness (QED) is 0.596. The molecule has 0 aromatic heterocycles. The first-order valence-corrected chi connectivity index (χ1v) is 12.0. The number of carbonyl (C=O) groups is 2.